The van der Waals surface area contributed by atoms with Crippen molar-refractivity contribution in [2.75, 3.05) is 13.2 Å². The summed E-state index contributed by atoms with van der Waals surface area (Å²) in [5.41, 5.74) is 0. The van der Waals surface area contributed by atoms with Gasteiger partial charge >= 0.3 is 17.9 Å². The smallest absolute Gasteiger partial charge is 0.306 e. The molecule has 0 aromatic rings. The van der Waals surface area contributed by atoms with Gasteiger partial charge in [-0.05, 0) is 128 Å². The molecule has 0 saturated carbocycles. The van der Waals surface area contributed by atoms with Crippen LogP contribution in [0.3, 0.4) is 0 Å². The number of allylic oxidation sites excluding steroid dienone is 26. The first-order chi connectivity index (χ1) is 33.5. The summed E-state index contributed by atoms with van der Waals surface area (Å²) in [6.07, 6.45) is 79.5. The van der Waals surface area contributed by atoms with Gasteiger partial charge in [-0.15, -0.1) is 0 Å². The third kappa shape index (κ3) is 52.0. The molecule has 0 amide bonds. The second-order valence-corrected chi connectivity index (χ2v) is 16.6. The predicted molar refractivity (Wildman–Crippen MR) is 292 cm³/mol. The van der Waals surface area contributed by atoms with Gasteiger partial charge in [0, 0.05) is 19.3 Å². The highest BCUT2D eigenvalue weighted by Crippen LogP contribution is 2.11. The first kappa shape index (κ1) is 63.0. The molecule has 0 aromatic heterocycles. The predicted octanol–water partition coefficient (Wildman–Crippen LogP) is 17.8. The second kappa shape index (κ2) is 54.6. The zero-order valence-electron chi connectivity index (χ0n) is 43.0. The molecule has 0 fully saturated rings. The van der Waals surface area contributed by atoms with Crippen LogP contribution in [0.5, 0.6) is 0 Å². The molecular formula is C62H94O6. The normalized spacial score (nSPS) is 13.4. The van der Waals surface area contributed by atoms with Crippen molar-refractivity contribution >= 4 is 17.9 Å². The van der Waals surface area contributed by atoms with Crippen LogP contribution >= 0.6 is 0 Å². The van der Waals surface area contributed by atoms with Crippen molar-refractivity contribution < 1.29 is 28.6 Å². The molecule has 0 spiro atoms. The number of carbonyl (C=O) groups is 3. The average molecular weight is 935 g/mol. The second-order valence-electron chi connectivity index (χ2n) is 16.6. The Morgan fingerprint density at radius 2 is 0.544 bits per heavy atom. The summed E-state index contributed by atoms with van der Waals surface area (Å²) in [6.45, 7) is 6.16. The van der Waals surface area contributed by atoms with Crippen molar-refractivity contribution in [1.82, 2.24) is 0 Å². The molecule has 0 saturated heterocycles. The molecule has 0 N–H and O–H groups in total. The van der Waals surface area contributed by atoms with E-state index in [0.29, 0.717) is 19.3 Å². The Hall–Kier alpha value is -4.97. The lowest BCUT2D eigenvalue weighted by molar-refractivity contribution is -0.167. The van der Waals surface area contributed by atoms with Gasteiger partial charge < -0.3 is 14.2 Å². The summed E-state index contributed by atoms with van der Waals surface area (Å²) in [6, 6.07) is 0. The molecule has 6 nitrogen and oxygen atoms in total. The van der Waals surface area contributed by atoms with Crippen LogP contribution < -0.4 is 0 Å². The average Bonchev–Trinajstić information content (AvgIpc) is 3.34. The Bertz CT molecular complexity index is 1590. The minimum absolute atomic E-state index is 0.133. The van der Waals surface area contributed by atoms with Crippen LogP contribution in [-0.4, -0.2) is 37.2 Å². The summed E-state index contributed by atoms with van der Waals surface area (Å²) in [7, 11) is 0. The number of rotatable bonds is 45. The summed E-state index contributed by atoms with van der Waals surface area (Å²) >= 11 is 0. The van der Waals surface area contributed by atoms with Crippen molar-refractivity contribution in [1.29, 1.82) is 0 Å². The first-order valence-corrected chi connectivity index (χ1v) is 26.5. The van der Waals surface area contributed by atoms with Crippen LogP contribution in [0, 0.1) is 0 Å². The fourth-order valence-electron chi connectivity index (χ4n) is 6.41. The van der Waals surface area contributed by atoms with Crippen molar-refractivity contribution in [3.05, 3.63) is 158 Å². The lowest BCUT2D eigenvalue weighted by Gasteiger charge is -2.18. The van der Waals surface area contributed by atoms with Crippen LogP contribution in [0.1, 0.15) is 194 Å². The van der Waals surface area contributed by atoms with Crippen LogP contribution in [0.2, 0.25) is 0 Å². The summed E-state index contributed by atoms with van der Waals surface area (Å²) in [4.78, 5) is 38.0. The molecule has 0 aromatic carbocycles. The summed E-state index contributed by atoms with van der Waals surface area (Å²) < 4.78 is 16.7. The van der Waals surface area contributed by atoms with Gasteiger partial charge in [-0.25, -0.2) is 0 Å². The van der Waals surface area contributed by atoms with Crippen molar-refractivity contribution in [3.63, 3.8) is 0 Å². The van der Waals surface area contributed by atoms with Crippen molar-refractivity contribution in [3.8, 4) is 0 Å². The maximum absolute atomic E-state index is 12.8. The quantitative estimate of drug-likeness (QED) is 0.0262. The fourth-order valence-corrected chi connectivity index (χ4v) is 6.41. The van der Waals surface area contributed by atoms with Crippen molar-refractivity contribution in [2.24, 2.45) is 0 Å². The minimum atomic E-state index is -0.844. The van der Waals surface area contributed by atoms with Gasteiger partial charge in [0.05, 0.1) is 0 Å². The fraction of sp³-hybridized carbons (Fsp3) is 0.532. The number of hydrogen-bond donors (Lipinski definition) is 0. The van der Waals surface area contributed by atoms with E-state index in [4.69, 9.17) is 14.2 Å². The Kier molecular flexibility index (Phi) is 50.6. The van der Waals surface area contributed by atoms with E-state index in [1.54, 1.807) is 0 Å². The number of ether oxygens (including phenoxy) is 3. The Balaban J connectivity index is 4.63. The first-order valence-electron chi connectivity index (χ1n) is 26.5. The molecule has 68 heavy (non-hydrogen) atoms. The van der Waals surface area contributed by atoms with E-state index in [-0.39, 0.29) is 38.0 Å². The SMILES string of the molecule is CC/C=C\C/C=C\C/C=C\C/C=C\C/C=C\CCCC(=O)OCC(COC(=O)CCCCCCCC/C=C\C/C=C\C/C=C\CC)OC(=O)CCC/C=C\C/C=C\C/C=C\C/C=C\C/C=C\CC. The van der Waals surface area contributed by atoms with Crippen LogP contribution in [-0.2, 0) is 28.6 Å². The zero-order chi connectivity index (χ0) is 49.3. The highest BCUT2D eigenvalue weighted by molar-refractivity contribution is 5.71. The molecule has 0 aliphatic heterocycles. The largest absolute Gasteiger partial charge is 0.462 e. The van der Waals surface area contributed by atoms with Gasteiger partial charge in [-0.2, -0.15) is 0 Å². The zero-order valence-corrected chi connectivity index (χ0v) is 43.0. The van der Waals surface area contributed by atoms with E-state index in [2.05, 4.69) is 179 Å². The highest BCUT2D eigenvalue weighted by Gasteiger charge is 2.19. The standard InChI is InChI=1S/C62H94O6/c1-4-7-10-13-16-19-22-25-28-31-34-37-40-43-46-49-52-55-61(64)67-58-59(57-66-60(63)54-51-48-45-42-39-36-33-30-27-24-21-18-15-12-9-6-3)68-62(65)56-53-50-47-44-41-38-35-32-29-26-23-20-17-14-11-8-5-2/h7-12,16-21,25-30,34-35,37-38,43-44,46-47,59H,4-6,13-15,22-24,31-33,36,39-42,45,48-58H2,1-3H3/b10-7-,11-8-,12-9-,19-16-,20-17-,21-18-,28-25-,29-26-,30-27-,37-34-,38-35-,46-43-,47-44-. The summed E-state index contributed by atoms with van der Waals surface area (Å²) in [5.74, 6) is -1.08. The van der Waals surface area contributed by atoms with E-state index in [1.165, 1.54) is 12.8 Å². The topological polar surface area (TPSA) is 78.9 Å². The number of hydrogen-bond acceptors (Lipinski definition) is 6. The van der Waals surface area contributed by atoms with Gasteiger partial charge in [0.15, 0.2) is 6.10 Å². The lowest BCUT2D eigenvalue weighted by atomic mass is 10.1. The molecule has 0 rings (SSSR count). The molecule has 0 radical (unpaired) electrons. The van der Waals surface area contributed by atoms with Crippen LogP contribution in [0.15, 0.2) is 158 Å². The van der Waals surface area contributed by atoms with E-state index in [0.717, 1.165) is 128 Å². The van der Waals surface area contributed by atoms with E-state index in [9.17, 15) is 14.4 Å². The monoisotopic (exact) mass is 935 g/mol. The molecule has 1 unspecified atom stereocenters. The third-order valence-electron chi connectivity index (χ3n) is 10.3. The highest BCUT2D eigenvalue weighted by atomic mass is 16.6. The number of esters is 3. The van der Waals surface area contributed by atoms with Crippen LogP contribution in [0.4, 0.5) is 0 Å². The molecule has 0 aliphatic rings. The Labute approximate surface area is 416 Å². The Morgan fingerprint density at radius 1 is 0.294 bits per heavy atom. The maximum atomic E-state index is 12.8. The molecule has 6 heteroatoms. The van der Waals surface area contributed by atoms with Gasteiger partial charge in [0.2, 0.25) is 0 Å². The van der Waals surface area contributed by atoms with Gasteiger partial charge in [0.1, 0.15) is 13.2 Å². The van der Waals surface area contributed by atoms with E-state index in [1.807, 2.05) is 0 Å². The van der Waals surface area contributed by atoms with Gasteiger partial charge in [0.25, 0.3) is 0 Å². The van der Waals surface area contributed by atoms with Crippen LogP contribution in [0.25, 0.3) is 0 Å². The number of carbonyl (C=O) groups excluding carboxylic acids is 3. The maximum Gasteiger partial charge on any atom is 0.306 e. The lowest BCUT2D eigenvalue weighted by Crippen LogP contribution is -2.30. The summed E-state index contributed by atoms with van der Waals surface area (Å²) in [5, 5.41) is 0. The molecule has 378 valence electrons. The molecular weight excluding hydrogens is 841 g/mol. The van der Waals surface area contributed by atoms with Gasteiger partial charge in [-0.1, -0.05) is 204 Å². The van der Waals surface area contributed by atoms with E-state index < -0.39 is 12.1 Å². The van der Waals surface area contributed by atoms with Crippen molar-refractivity contribution in [2.45, 2.75) is 200 Å². The minimum Gasteiger partial charge on any atom is -0.462 e. The molecule has 0 bridgehead atoms. The number of unbranched alkanes of at least 4 members (excludes halogenated alkanes) is 8. The molecule has 0 heterocycles. The Morgan fingerprint density at radius 3 is 0.882 bits per heavy atom. The van der Waals surface area contributed by atoms with Gasteiger partial charge in [-0.3, -0.25) is 14.4 Å². The third-order valence-corrected chi connectivity index (χ3v) is 10.3. The molecule has 1 atom stereocenters. The molecule has 0 aliphatic carbocycles. The van der Waals surface area contributed by atoms with E-state index >= 15 is 0 Å².